The lowest BCUT2D eigenvalue weighted by Crippen LogP contribution is -2.38. The minimum Gasteiger partial charge on any atom is -0.393 e. The number of nitrogens with one attached hydrogen (secondary N) is 2. The first-order chi connectivity index (χ1) is 6.88. The van der Waals surface area contributed by atoms with Crippen molar-refractivity contribution in [1.29, 1.82) is 0 Å². The number of carbonyl (C=O) groups excluding carboxylic acids is 1. The molecule has 15 heavy (non-hydrogen) atoms. The first kappa shape index (κ1) is 14.0. The van der Waals surface area contributed by atoms with Crippen LogP contribution in [0.1, 0.15) is 27.2 Å². The van der Waals surface area contributed by atoms with E-state index in [-0.39, 0.29) is 11.4 Å². The fourth-order valence-corrected chi connectivity index (χ4v) is 0.983. The molecular weight excluding hydrogens is 192 g/mol. The van der Waals surface area contributed by atoms with Crippen LogP contribution in [-0.4, -0.2) is 30.3 Å². The highest BCUT2D eigenvalue weighted by Gasteiger charge is 2.21. The Morgan fingerprint density at radius 3 is 2.53 bits per heavy atom. The second-order valence-electron chi connectivity index (χ2n) is 4.60. The van der Waals surface area contributed by atoms with Gasteiger partial charge in [0.1, 0.15) is 0 Å². The van der Waals surface area contributed by atoms with Crippen molar-refractivity contribution in [2.24, 2.45) is 5.41 Å². The van der Waals surface area contributed by atoms with Crippen molar-refractivity contribution in [3.8, 4) is 0 Å². The molecule has 0 bridgehead atoms. The highest BCUT2D eigenvalue weighted by molar-refractivity contribution is 5.73. The summed E-state index contributed by atoms with van der Waals surface area (Å²) < 4.78 is 0. The summed E-state index contributed by atoms with van der Waals surface area (Å²) in [5.74, 6) is 0. The van der Waals surface area contributed by atoms with Crippen LogP contribution in [0.15, 0.2) is 12.7 Å². The lowest BCUT2D eigenvalue weighted by atomic mass is 9.87. The van der Waals surface area contributed by atoms with Crippen LogP contribution in [-0.2, 0) is 0 Å². The van der Waals surface area contributed by atoms with Gasteiger partial charge in [-0.3, -0.25) is 0 Å². The quantitative estimate of drug-likeness (QED) is 0.603. The lowest BCUT2D eigenvalue weighted by Gasteiger charge is -2.25. The van der Waals surface area contributed by atoms with E-state index < -0.39 is 6.10 Å². The van der Waals surface area contributed by atoms with Crippen LogP contribution < -0.4 is 10.6 Å². The molecule has 88 valence electrons. The molecule has 0 aromatic heterocycles. The number of aliphatic hydroxyl groups excluding tert-OH is 1. The molecule has 0 saturated carbocycles. The molecular formula is C11H22N2O2. The lowest BCUT2D eigenvalue weighted by molar-refractivity contribution is 0.0564. The molecule has 0 aliphatic heterocycles. The van der Waals surface area contributed by atoms with E-state index in [0.717, 1.165) is 0 Å². The Balaban J connectivity index is 3.61. The smallest absolute Gasteiger partial charge is 0.315 e. The number of hydrogen-bond acceptors (Lipinski definition) is 2. The molecule has 0 aromatic rings. The number of aliphatic hydroxyl groups is 1. The van der Waals surface area contributed by atoms with Gasteiger partial charge in [0, 0.05) is 13.1 Å². The third kappa shape index (κ3) is 6.96. The molecule has 0 fully saturated rings. The Morgan fingerprint density at radius 2 is 2.07 bits per heavy atom. The molecule has 2 amide bonds. The normalized spacial score (nSPS) is 13.1. The van der Waals surface area contributed by atoms with Crippen LogP contribution in [0.25, 0.3) is 0 Å². The van der Waals surface area contributed by atoms with Crippen LogP contribution in [0.4, 0.5) is 4.79 Å². The zero-order valence-corrected chi connectivity index (χ0v) is 9.84. The van der Waals surface area contributed by atoms with Crippen molar-refractivity contribution in [2.75, 3.05) is 13.1 Å². The second-order valence-corrected chi connectivity index (χ2v) is 4.60. The summed E-state index contributed by atoms with van der Waals surface area (Å²) >= 11 is 0. The van der Waals surface area contributed by atoms with Gasteiger partial charge in [-0.2, -0.15) is 0 Å². The van der Waals surface area contributed by atoms with Gasteiger partial charge in [0.15, 0.2) is 0 Å². The van der Waals surface area contributed by atoms with Gasteiger partial charge in [-0.05, 0) is 11.8 Å². The molecule has 0 heterocycles. The molecule has 0 saturated heterocycles. The highest BCUT2D eigenvalue weighted by Crippen LogP contribution is 2.20. The van der Waals surface area contributed by atoms with Crippen LogP contribution in [0.3, 0.4) is 0 Å². The van der Waals surface area contributed by atoms with Crippen molar-refractivity contribution in [3.05, 3.63) is 12.7 Å². The zero-order chi connectivity index (χ0) is 11.9. The standard InChI is InChI=1S/C11H22N2O2/c1-5-7-12-10(15)13-8-6-9(14)11(2,3)4/h5,9,14H,1,6-8H2,2-4H3,(H2,12,13,15). The van der Waals surface area contributed by atoms with E-state index in [1.807, 2.05) is 20.8 Å². The highest BCUT2D eigenvalue weighted by atomic mass is 16.3. The van der Waals surface area contributed by atoms with Gasteiger partial charge in [-0.25, -0.2) is 4.79 Å². The number of rotatable bonds is 5. The summed E-state index contributed by atoms with van der Waals surface area (Å²) in [6, 6.07) is -0.226. The average Bonchev–Trinajstić information content (AvgIpc) is 2.13. The molecule has 3 N–H and O–H groups in total. The zero-order valence-electron chi connectivity index (χ0n) is 9.84. The number of hydrogen-bond donors (Lipinski definition) is 3. The van der Waals surface area contributed by atoms with E-state index >= 15 is 0 Å². The number of amides is 2. The summed E-state index contributed by atoms with van der Waals surface area (Å²) in [6.07, 6.45) is 1.77. The van der Waals surface area contributed by atoms with Crippen molar-refractivity contribution >= 4 is 6.03 Å². The maximum atomic E-state index is 11.1. The molecule has 0 aliphatic rings. The molecule has 4 nitrogen and oxygen atoms in total. The van der Waals surface area contributed by atoms with Crippen LogP contribution in [0, 0.1) is 5.41 Å². The van der Waals surface area contributed by atoms with E-state index in [2.05, 4.69) is 17.2 Å². The molecule has 4 heteroatoms. The Bertz CT molecular complexity index is 209. The molecule has 0 spiro atoms. The Hall–Kier alpha value is -1.03. The van der Waals surface area contributed by atoms with E-state index in [9.17, 15) is 9.90 Å². The average molecular weight is 214 g/mol. The summed E-state index contributed by atoms with van der Waals surface area (Å²) in [7, 11) is 0. The molecule has 0 radical (unpaired) electrons. The van der Waals surface area contributed by atoms with Crippen LogP contribution >= 0.6 is 0 Å². The van der Waals surface area contributed by atoms with E-state index in [1.54, 1.807) is 6.08 Å². The first-order valence-electron chi connectivity index (χ1n) is 5.18. The summed E-state index contributed by atoms with van der Waals surface area (Å²) in [5.41, 5.74) is -0.140. The fourth-order valence-electron chi connectivity index (χ4n) is 0.983. The van der Waals surface area contributed by atoms with Crippen molar-refractivity contribution in [1.82, 2.24) is 10.6 Å². The van der Waals surface area contributed by atoms with E-state index in [1.165, 1.54) is 0 Å². The SMILES string of the molecule is C=CCNC(=O)NCCC(O)C(C)(C)C. The monoisotopic (exact) mass is 214 g/mol. The third-order valence-corrected chi connectivity index (χ3v) is 2.11. The van der Waals surface area contributed by atoms with Gasteiger partial charge in [0.05, 0.1) is 6.10 Å². The molecule has 1 unspecified atom stereocenters. The van der Waals surface area contributed by atoms with Crippen molar-refractivity contribution in [2.45, 2.75) is 33.3 Å². The Kier molecular flexibility index (Phi) is 6.01. The minimum absolute atomic E-state index is 0.140. The summed E-state index contributed by atoms with van der Waals surface area (Å²) in [4.78, 5) is 11.1. The van der Waals surface area contributed by atoms with E-state index in [0.29, 0.717) is 19.5 Å². The predicted molar refractivity (Wildman–Crippen MR) is 61.7 cm³/mol. The maximum Gasteiger partial charge on any atom is 0.315 e. The number of carbonyl (C=O) groups is 1. The van der Waals surface area contributed by atoms with Crippen molar-refractivity contribution in [3.63, 3.8) is 0 Å². The van der Waals surface area contributed by atoms with Crippen molar-refractivity contribution < 1.29 is 9.90 Å². The topological polar surface area (TPSA) is 61.4 Å². The van der Waals surface area contributed by atoms with Gasteiger partial charge in [-0.15, -0.1) is 6.58 Å². The molecule has 0 aromatic carbocycles. The van der Waals surface area contributed by atoms with Gasteiger partial charge < -0.3 is 15.7 Å². The molecule has 0 aliphatic carbocycles. The summed E-state index contributed by atoms with van der Waals surface area (Å²) in [5, 5.41) is 14.9. The minimum atomic E-state index is -0.405. The maximum absolute atomic E-state index is 11.1. The van der Waals surface area contributed by atoms with Gasteiger partial charge in [-0.1, -0.05) is 26.8 Å². The van der Waals surface area contributed by atoms with Crippen LogP contribution in [0.2, 0.25) is 0 Å². The predicted octanol–water partition coefficient (Wildman–Crippen LogP) is 1.27. The first-order valence-corrected chi connectivity index (χ1v) is 5.18. The van der Waals surface area contributed by atoms with Gasteiger partial charge in [0.2, 0.25) is 0 Å². The largest absolute Gasteiger partial charge is 0.393 e. The fraction of sp³-hybridized carbons (Fsp3) is 0.727. The van der Waals surface area contributed by atoms with Gasteiger partial charge >= 0.3 is 6.03 Å². The molecule has 1 atom stereocenters. The Morgan fingerprint density at radius 1 is 1.47 bits per heavy atom. The molecule has 0 rings (SSSR count). The third-order valence-electron chi connectivity index (χ3n) is 2.11. The second kappa shape index (κ2) is 6.45. The number of urea groups is 1. The van der Waals surface area contributed by atoms with Gasteiger partial charge in [0.25, 0.3) is 0 Å². The Labute approximate surface area is 91.8 Å². The van der Waals surface area contributed by atoms with E-state index in [4.69, 9.17) is 0 Å². The summed E-state index contributed by atoms with van der Waals surface area (Å²) in [6.45, 7) is 10.3. The van der Waals surface area contributed by atoms with Crippen LogP contribution in [0.5, 0.6) is 0 Å².